The molecule has 0 heterocycles. The predicted octanol–water partition coefficient (Wildman–Crippen LogP) is 7.38. The summed E-state index contributed by atoms with van der Waals surface area (Å²) in [6.07, 6.45) is 6.71. The smallest absolute Gasteiger partial charge is 0.126 e. The normalized spacial score (nSPS) is 13.3. The van der Waals surface area contributed by atoms with Crippen molar-refractivity contribution in [2.45, 2.75) is 26.7 Å². The van der Waals surface area contributed by atoms with E-state index in [4.69, 9.17) is 0 Å². The predicted molar refractivity (Wildman–Crippen MR) is 114 cm³/mol. The van der Waals surface area contributed by atoms with Crippen molar-refractivity contribution in [2.75, 3.05) is 0 Å². The molecule has 0 spiro atoms. The van der Waals surface area contributed by atoms with E-state index in [-0.39, 0.29) is 5.82 Å². The fourth-order valence-electron chi connectivity index (χ4n) is 4.39. The number of hydrogen-bond acceptors (Lipinski definition) is 0. The summed E-state index contributed by atoms with van der Waals surface area (Å²) in [6, 6.07) is 18.9. The van der Waals surface area contributed by atoms with E-state index in [9.17, 15) is 4.39 Å². The fraction of sp³-hybridized carbons (Fsp3) is 0.154. The number of halogens is 1. The quantitative estimate of drug-likeness (QED) is 0.314. The molecule has 0 fully saturated rings. The molecule has 132 valence electrons. The van der Waals surface area contributed by atoms with Crippen molar-refractivity contribution in [1.29, 1.82) is 0 Å². The Kier molecular flexibility index (Phi) is 3.65. The SMILES string of the molecule is Cc1cc2ccc3c(-c4cc(C)c5c(c4)CCC=C5)cccc3c2cc1F. The minimum Gasteiger partial charge on any atom is -0.207 e. The van der Waals surface area contributed by atoms with Crippen molar-refractivity contribution in [2.24, 2.45) is 0 Å². The van der Waals surface area contributed by atoms with E-state index in [1.54, 1.807) is 6.07 Å². The van der Waals surface area contributed by atoms with Gasteiger partial charge in [0.1, 0.15) is 5.82 Å². The van der Waals surface area contributed by atoms with E-state index in [0.29, 0.717) is 5.56 Å². The first-order valence-electron chi connectivity index (χ1n) is 9.54. The molecule has 0 N–H and O–H groups in total. The maximum atomic E-state index is 14.2. The largest absolute Gasteiger partial charge is 0.207 e. The van der Waals surface area contributed by atoms with Crippen LogP contribution in [0.15, 0.2) is 60.7 Å². The van der Waals surface area contributed by atoms with E-state index >= 15 is 0 Å². The molecular weight excluding hydrogens is 331 g/mol. The van der Waals surface area contributed by atoms with Crippen LogP contribution in [0.2, 0.25) is 0 Å². The molecule has 27 heavy (non-hydrogen) atoms. The van der Waals surface area contributed by atoms with Crippen molar-refractivity contribution < 1.29 is 4.39 Å². The molecule has 0 saturated carbocycles. The van der Waals surface area contributed by atoms with Gasteiger partial charge in [-0.25, -0.2) is 4.39 Å². The Morgan fingerprint density at radius 2 is 1.70 bits per heavy atom. The molecule has 0 unspecified atom stereocenters. The van der Waals surface area contributed by atoms with Crippen molar-refractivity contribution in [1.82, 2.24) is 0 Å². The zero-order valence-corrected chi connectivity index (χ0v) is 15.6. The van der Waals surface area contributed by atoms with Gasteiger partial charge >= 0.3 is 0 Å². The van der Waals surface area contributed by atoms with Gasteiger partial charge < -0.3 is 0 Å². The summed E-state index contributed by atoms with van der Waals surface area (Å²) in [6.45, 7) is 4.01. The minimum absolute atomic E-state index is 0.142. The number of rotatable bonds is 1. The van der Waals surface area contributed by atoms with Crippen LogP contribution >= 0.6 is 0 Å². The Hall–Kier alpha value is -2.93. The van der Waals surface area contributed by atoms with Gasteiger partial charge in [0, 0.05) is 0 Å². The standard InChI is InChI=1S/C26H21F/c1-16-12-20(14-18-6-3-4-7-21(16)18)22-8-5-9-23-24(22)11-10-19-13-17(2)26(27)15-25(19)23/h4-5,7-15H,3,6H2,1-2H3. The zero-order valence-electron chi connectivity index (χ0n) is 15.6. The highest BCUT2D eigenvalue weighted by molar-refractivity contribution is 6.12. The van der Waals surface area contributed by atoms with Crippen LogP contribution in [0.25, 0.3) is 38.7 Å². The highest BCUT2D eigenvalue weighted by Gasteiger charge is 2.13. The molecule has 1 heteroatoms. The van der Waals surface area contributed by atoms with Crippen LogP contribution in [-0.4, -0.2) is 0 Å². The summed E-state index contributed by atoms with van der Waals surface area (Å²) < 4.78 is 14.2. The van der Waals surface area contributed by atoms with Crippen molar-refractivity contribution in [3.05, 3.63) is 88.7 Å². The average Bonchev–Trinajstić information content (AvgIpc) is 2.68. The number of allylic oxidation sites excluding steroid dienone is 1. The molecule has 1 aliphatic rings. The van der Waals surface area contributed by atoms with Gasteiger partial charge in [0.15, 0.2) is 0 Å². The number of aryl methyl sites for hydroxylation is 3. The third-order valence-corrected chi connectivity index (χ3v) is 5.81. The topological polar surface area (TPSA) is 0 Å². The first-order valence-corrected chi connectivity index (χ1v) is 9.54. The highest BCUT2D eigenvalue weighted by atomic mass is 19.1. The van der Waals surface area contributed by atoms with Crippen LogP contribution in [0.1, 0.15) is 28.7 Å². The first kappa shape index (κ1) is 16.3. The molecule has 0 saturated heterocycles. The van der Waals surface area contributed by atoms with Crippen LogP contribution in [0.4, 0.5) is 4.39 Å². The Labute approximate surface area is 159 Å². The summed E-state index contributed by atoms with van der Waals surface area (Å²) in [5.74, 6) is -0.142. The van der Waals surface area contributed by atoms with Crippen LogP contribution in [0, 0.1) is 19.7 Å². The van der Waals surface area contributed by atoms with Gasteiger partial charge in [-0.1, -0.05) is 54.6 Å². The molecule has 4 aromatic rings. The second-order valence-electron chi connectivity index (χ2n) is 7.60. The second-order valence-corrected chi connectivity index (χ2v) is 7.60. The molecular formula is C26H21F. The molecule has 5 rings (SSSR count). The van der Waals surface area contributed by atoms with Crippen LogP contribution < -0.4 is 0 Å². The summed E-state index contributed by atoms with van der Waals surface area (Å²) >= 11 is 0. The minimum atomic E-state index is -0.142. The Morgan fingerprint density at radius 3 is 2.59 bits per heavy atom. The van der Waals surface area contributed by atoms with Crippen molar-refractivity contribution in [3.63, 3.8) is 0 Å². The third kappa shape index (κ3) is 2.57. The molecule has 1 aliphatic carbocycles. The van der Waals surface area contributed by atoms with Gasteiger partial charge in [-0.3, -0.25) is 0 Å². The Balaban J connectivity index is 1.80. The number of benzene rings is 4. The lowest BCUT2D eigenvalue weighted by Crippen LogP contribution is -1.98. The number of fused-ring (bicyclic) bond motifs is 4. The number of hydrogen-bond donors (Lipinski definition) is 0. The van der Waals surface area contributed by atoms with Gasteiger partial charge in [0.05, 0.1) is 0 Å². The Morgan fingerprint density at radius 1 is 0.815 bits per heavy atom. The lowest BCUT2D eigenvalue weighted by atomic mass is 9.88. The van der Waals surface area contributed by atoms with E-state index in [1.165, 1.54) is 33.2 Å². The summed E-state index contributed by atoms with van der Waals surface area (Å²) in [7, 11) is 0. The van der Waals surface area contributed by atoms with Crippen LogP contribution in [0.3, 0.4) is 0 Å². The van der Waals surface area contributed by atoms with Crippen molar-refractivity contribution in [3.8, 4) is 11.1 Å². The molecule has 0 nitrogen and oxygen atoms in total. The van der Waals surface area contributed by atoms with Crippen molar-refractivity contribution >= 4 is 27.6 Å². The van der Waals surface area contributed by atoms with E-state index in [0.717, 1.165) is 29.0 Å². The Bertz CT molecular complexity index is 1240. The summed E-state index contributed by atoms with van der Waals surface area (Å²) in [4.78, 5) is 0. The van der Waals surface area contributed by atoms with Gasteiger partial charge in [0.25, 0.3) is 0 Å². The van der Waals surface area contributed by atoms with E-state index in [1.807, 2.05) is 13.0 Å². The fourth-order valence-corrected chi connectivity index (χ4v) is 4.39. The molecule has 0 aliphatic heterocycles. The van der Waals surface area contributed by atoms with Crippen LogP contribution in [-0.2, 0) is 6.42 Å². The summed E-state index contributed by atoms with van der Waals surface area (Å²) in [5, 5.41) is 4.36. The lowest BCUT2D eigenvalue weighted by Gasteiger charge is -2.17. The molecule has 0 atom stereocenters. The lowest BCUT2D eigenvalue weighted by molar-refractivity contribution is 0.620. The van der Waals surface area contributed by atoms with Gasteiger partial charge in [-0.05, 0) is 93.7 Å². The molecule has 0 radical (unpaired) electrons. The van der Waals surface area contributed by atoms with Gasteiger partial charge in [-0.15, -0.1) is 0 Å². The molecule has 4 aromatic carbocycles. The van der Waals surface area contributed by atoms with E-state index in [2.05, 4.69) is 61.5 Å². The molecule has 0 amide bonds. The first-order chi connectivity index (χ1) is 13.1. The van der Waals surface area contributed by atoms with Gasteiger partial charge in [-0.2, -0.15) is 0 Å². The third-order valence-electron chi connectivity index (χ3n) is 5.81. The second kappa shape index (κ2) is 6.06. The maximum absolute atomic E-state index is 14.2. The molecule has 0 aromatic heterocycles. The van der Waals surface area contributed by atoms with E-state index < -0.39 is 0 Å². The molecule has 0 bridgehead atoms. The highest BCUT2D eigenvalue weighted by Crippen LogP contribution is 2.36. The average molecular weight is 352 g/mol. The summed E-state index contributed by atoms with van der Waals surface area (Å²) in [5.41, 5.74) is 7.27. The monoisotopic (exact) mass is 352 g/mol. The van der Waals surface area contributed by atoms with Gasteiger partial charge in [0.2, 0.25) is 0 Å². The zero-order chi connectivity index (χ0) is 18.5. The maximum Gasteiger partial charge on any atom is 0.126 e. The van der Waals surface area contributed by atoms with Crippen LogP contribution in [0.5, 0.6) is 0 Å².